The van der Waals surface area contributed by atoms with Crippen molar-refractivity contribution in [2.24, 2.45) is 0 Å². The van der Waals surface area contributed by atoms with Crippen molar-refractivity contribution >= 4 is 44.3 Å². The van der Waals surface area contributed by atoms with Crippen LogP contribution in [0.1, 0.15) is 40.5 Å². The minimum atomic E-state index is -0.571. The molecule has 36 heavy (non-hydrogen) atoms. The lowest BCUT2D eigenvalue weighted by Crippen LogP contribution is -2.46. The van der Waals surface area contributed by atoms with E-state index in [2.05, 4.69) is 26.2 Å². The topological polar surface area (TPSA) is 89.7 Å². The van der Waals surface area contributed by atoms with Gasteiger partial charge in [0.15, 0.2) is 11.5 Å². The highest BCUT2D eigenvalue weighted by molar-refractivity contribution is 9.10. The molecule has 0 aliphatic carbocycles. The number of carbonyl (C=O) groups is 1. The molecule has 7 nitrogen and oxygen atoms in total. The first-order valence-electron chi connectivity index (χ1n) is 11.7. The molecular weight excluding hydrogens is 534 g/mol. The predicted octanol–water partition coefficient (Wildman–Crippen LogP) is 6.75. The summed E-state index contributed by atoms with van der Waals surface area (Å²) in [5, 5.41) is 4.01. The third kappa shape index (κ3) is 6.75. The number of hydrogen-bond acceptors (Lipinski definition) is 6. The van der Waals surface area contributed by atoms with Crippen LogP contribution in [-0.2, 0) is 0 Å². The average Bonchev–Trinajstić information content (AvgIpc) is 2.79. The van der Waals surface area contributed by atoms with Crippen LogP contribution in [0.4, 0.5) is 25.0 Å². The van der Waals surface area contributed by atoms with Gasteiger partial charge < -0.3 is 25.4 Å². The molecule has 10 heteroatoms. The normalized spacial score (nSPS) is 11.4. The van der Waals surface area contributed by atoms with E-state index in [4.69, 9.17) is 15.2 Å². The SMILES string of the molecule is CCN(C(=O)Oc1cc(F)ccc1OCCCCNc1c(N)cnc2cc(F)c(Br)cc12)C(C)(C)C. The van der Waals surface area contributed by atoms with Gasteiger partial charge in [-0.2, -0.15) is 0 Å². The summed E-state index contributed by atoms with van der Waals surface area (Å²) in [6.07, 6.45) is 2.33. The maximum atomic E-state index is 13.8. The van der Waals surface area contributed by atoms with Crippen LogP contribution >= 0.6 is 15.9 Å². The number of pyridine rings is 1. The molecular formula is C26H31BrF2N4O3. The number of nitrogens with two attached hydrogens (primary N) is 1. The first kappa shape index (κ1) is 27.4. The van der Waals surface area contributed by atoms with Crippen molar-refractivity contribution in [1.82, 2.24) is 9.88 Å². The van der Waals surface area contributed by atoms with Crippen LogP contribution in [0.25, 0.3) is 10.9 Å². The molecule has 1 amide bonds. The Morgan fingerprint density at radius 2 is 1.92 bits per heavy atom. The van der Waals surface area contributed by atoms with E-state index in [0.29, 0.717) is 58.6 Å². The molecule has 194 valence electrons. The lowest BCUT2D eigenvalue weighted by Gasteiger charge is -2.33. The van der Waals surface area contributed by atoms with Gasteiger partial charge in [-0.25, -0.2) is 13.6 Å². The molecule has 0 aliphatic heterocycles. The van der Waals surface area contributed by atoms with Crippen LogP contribution in [0.3, 0.4) is 0 Å². The molecule has 0 unspecified atom stereocenters. The largest absolute Gasteiger partial charge is 0.490 e. The minimum Gasteiger partial charge on any atom is -0.490 e. The summed E-state index contributed by atoms with van der Waals surface area (Å²) in [4.78, 5) is 18.4. The van der Waals surface area contributed by atoms with Gasteiger partial charge in [-0.05, 0) is 74.7 Å². The van der Waals surface area contributed by atoms with Gasteiger partial charge in [0.2, 0.25) is 0 Å². The van der Waals surface area contributed by atoms with E-state index < -0.39 is 23.3 Å². The number of carbonyl (C=O) groups excluding carboxylic acids is 1. The number of nitrogen functional groups attached to an aromatic ring is 1. The molecule has 0 bridgehead atoms. The average molecular weight is 565 g/mol. The zero-order valence-corrected chi connectivity index (χ0v) is 22.4. The number of halogens is 3. The van der Waals surface area contributed by atoms with Crippen molar-refractivity contribution in [3.8, 4) is 11.5 Å². The number of nitrogens with zero attached hydrogens (tertiary/aromatic N) is 2. The van der Waals surface area contributed by atoms with E-state index in [0.717, 1.165) is 12.5 Å². The van der Waals surface area contributed by atoms with Crippen LogP contribution in [-0.4, -0.2) is 41.2 Å². The standard InChI is InChI=1S/C26H31BrF2N4O3/c1-5-33(26(2,3)4)25(34)36-23-12-16(28)8-9-22(23)35-11-7-6-10-31-24-17-13-18(27)19(29)14-21(17)32-15-20(24)30/h8-9,12-15H,5-7,10-11,30H2,1-4H3,(H,31,32). The van der Waals surface area contributed by atoms with Gasteiger partial charge in [0, 0.05) is 36.1 Å². The second-order valence-electron chi connectivity index (χ2n) is 9.23. The Kier molecular flexibility index (Phi) is 8.94. The molecule has 1 heterocycles. The van der Waals surface area contributed by atoms with Gasteiger partial charge in [0.25, 0.3) is 0 Å². The van der Waals surface area contributed by atoms with Gasteiger partial charge in [-0.3, -0.25) is 4.98 Å². The quantitative estimate of drug-likeness (QED) is 0.279. The Labute approximate surface area is 218 Å². The summed E-state index contributed by atoms with van der Waals surface area (Å²) >= 11 is 3.20. The highest BCUT2D eigenvalue weighted by Gasteiger charge is 2.27. The maximum Gasteiger partial charge on any atom is 0.415 e. The Morgan fingerprint density at radius 1 is 1.17 bits per heavy atom. The number of amides is 1. The van der Waals surface area contributed by atoms with Gasteiger partial charge in [0.05, 0.1) is 34.2 Å². The van der Waals surface area contributed by atoms with E-state index in [9.17, 15) is 13.6 Å². The summed E-state index contributed by atoms with van der Waals surface area (Å²) in [7, 11) is 0. The Bertz CT molecular complexity index is 1230. The molecule has 0 saturated carbocycles. The minimum absolute atomic E-state index is 0.0367. The van der Waals surface area contributed by atoms with Crippen molar-refractivity contribution in [3.05, 3.63) is 52.6 Å². The van der Waals surface area contributed by atoms with Gasteiger partial charge in [-0.1, -0.05) is 0 Å². The van der Waals surface area contributed by atoms with Gasteiger partial charge in [-0.15, -0.1) is 0 Å². The molecule has 3 aromatic rings. The monoisotopic (exact) mass is 564 g/mol. The fourth-order valence-electron chi connectivity index (χ4n) is 3.73. The first-order valence-corrected chi connectivity index (χ1v) is 12.5. The van der Waals surface area contributed by atoms with Crippen molar-refractivity contribution in [2.45, 2.75) is 46.1 Å². The Morgan fingerprint density at radius 3 is 2.61 bits per heavy atom. The molecule has 0 spiro atoms. The smallest absolute Gasteiger partial charge is 0.415 e. The van der Waals surface area contributed by atoms with Crippen LogP contribution in [0.5, 0.6) is 11.5 Å². The third-order valence-corrected chi connectivity index (χ3v) is 6.13. The first-order chi connectivity index (χ1) is 17.0. The summed E-state index contributed by atoms with van der Waals surface area (Å²) in [6.45, 7) is 8.91. The lowest BCUT2D eigenvalue weighted by molar-refractivity contribution is 0.109. The number of aromatic nitrogens is 1. The van der Waals surface area contributed by atoms with Crippen LogP contribution in [0, 0.1) is 11.6 Å². The lowest BCUT2D eigenvalue weighted by atomic mass is 10.1. The summed E-state index contributed by atoms with van der Waals surface area (Å²) in [5.41, 5.74) is 7.30. The highest BCUT2D eigenvalue weighted by atomic mass is 79.9. The number of rotatable bonds is 9. The molecule has 0 atom stereocenters. The van der Waals surface area contributed by atoms with E-state index in [1.807, 2.05) is 27.7 Å². The molecule has 0 saturated heterocycles. The highest BCUT2D eigenvalue weighted by Crippen LogP contribution is 2.32. The molecule has 3 N–H and O–H groups in total. The van der Waals surface area contributed by atoms with E-state index in [1.54, 1.807) is 11.0 Å². The van der Waals surface area contributed by atoms with Crippen LogP contribution in [0.2, 0.25) is 0 Å². The summed E-state index contributed by atoms with van der Waals surface area (Å²) in [5.74, 6) is -0.593. The molecule has 0 aliphatic rings. The van der Waals surface area contributed by atoms with Crippen molar-refractivity contribution < 1.29 is 23.0 Å². The van der Waals surface area contributed by atoms with Gasteiger partial charge >= 0.3 is 6.09 Å². The summed E-state index contributed by atoms with van der Waals surface area (Å²) in [6, 6.07) is 6.85. The van der Waals surface area contributed by atoms with E-state index in [-0.39, 0.29) is 5.75 Å². The molecule has 0 fully saturated rings. The molecule has 1 aromatic heterocycles. The van der Waals surface area contributed by atoms with Crippen molar-refractivity contribution in [3.63, 3.8) is 0 Å². The molecule has 2 aromatic carbocycles. The molecule has 0 radical (unpaired) electrons. The number of unbranched alkanes of at least 4 members (excludes halogenated alkanes) is 1. The number of benzene rings is 2. The second-order valence-corrected chi connectivity index (χ2v) is 10.1. The second kappa shape index (κ2) is 11.7. The predicted molar refractivity (Wildman–Crippen MR) is 142 cm³/mol. The third-order valence-electron chi connectivity index (χ3n) is 5.52. The van der Waals surface area contributed by atoms with Gasteiger partial charge in [0.1, 0.15) is 11.6 Å². The summed E-state index contributed by atoms with van der Waals surface area (Å²) < 4.78 is 39.3. The number of nitrogens with one attached hydrogen (secondary N) is 1. The Hall–Kier alpha value is -3.14. The van der Waals surface area contributed by atoms with E-state index in [1.165, 1.54) is 24.4 Å². The van der Waals surface area contributed by atoms with Crippen LogP contribution < -0.4 is 20.5 Å². The Balaban J connectivity index is 1.57. The maximum absolute atomic E-state index is 13.8. The number of anilines is 2. The zero-order chi connectivity index (χ0) is 26.5. The number of ether oxygens (including phenoxy) is 2. The molecule has 3 rings (SSSR count). The fraction of sp³-hybridized carbons (Fsp3) is 0.385. The fourth-order valence-corrected chi connectivity index (χ4v) is 4.07. The van der Waals surface area contributed by atoms with E-state index >= 15 is 0 Å². The van der Waals surface area contributed by atoms with Crippen molar-refractivity contribution in [2.75, 3.05) is 30.7 Å². The zero-order valence-electron chi connectivity index (χ0n) is 20.8. The van der Waals surface area contributed by atoms with Crippen molar-refractivity contribution in [1.29, 1.82) is 0 Å². The number of fused-ring (bicyclic) bond motifs is 1. The van der Waals surface area contributed by atoms with Crippen LogP contribution in [0.15, 0.2) is 41.0 Å². The number of hydrogen-bond donors (Lipinski definition) is 2.